The molecule has 0 amide bonds. The molecule has 0 bridgehead atoms. The summed E-state index contributed by atoms with van der Waals surface area (Å²) in [4.78, 5) is 0. The van der Waals surface area contributed by atoms with Crippen molar-refractivity contribution in [1.29, 1.82) is 0 Å². The van der Waals surface area contributed by atoms with Crippen LogP contribution in [0.5, 0.6) is 0 Å². The Hall–Kier alpha value is -6.44. The molecule has 0 aliphatic rings. The molecule has 0 aliphatic heterocycles. The molecule has 0 radical (unpaired) electrons. The summed E-state index contributed by atoms with van der Waals surface area (Å²) in [5.41, 5.74) is 11.6. The minimum atomic E-state index is 0.907. The van der Waals surface area contributed by atoms with Gasteiger partial charge in [0, 0.05) is 10.8 Å². The zero-order chi connectivity index (χ0) is 32.3. The molecule has 1 heterocycles. The van der Waals surface area contributed by atoms with Crippen molar-refractivity contribution in [2.24, 2.45) is 0 Å². The second-order valence-electron chi connectivity index (χ2n) is 12.8. The van der Waals surface area contributed by atoms with Crippen molar-refractivity contribution >= 4 is 54.3 Å². The van der Waals surface area contributed by atoms with Gasteiger partial charge < -0.3 is 4.42 Å². The third-order valence-electron chi connectivity index (χ3n) is 10.1. The van der Waals surface area contributed by atoms with Crippen LogP contribution in [0.4, 0.5) is 0 Å². The highest BCUT2D eigenvalue weighted by molar-refractivity contribution is 6.26. The quantitative estimate of drug-likeness (QED) is 0.178. The summed E-state index contributed by atoms with van der Waals surface area (Å²) in [6.07, 6.45) is 0. The van der Waals surface area contributed by atoms with Gasteiger partial charge in [-0.05, 0) is 101 Å². The highest BCUT2D eigenvalue weighted by atomic mass is 16.3. The van der Waals surface area contributed by atoms with E-state index in [1.165, 1.54) is 71.3 Å². The van der Waals surface area contributed by atoms with E-state index in [4.69, 9.17) is 4.42 Å². The van der Waals surface area contributed by atoms with Gasteiger partial charge in [-0.2, -0.15) is 0 Å². The van der Waals surface area contributed by atoms with Crippen LogP contribution in [0.1, 0.15) is 0 Å². The molecule has 0 fully saturated rings. The fraction of sp³-hybridized carbons (Fsp3) is 0. The molecule has 1 heteroatoms. The molecule has 0 aliphatic carbocycles. The monoisotopic (exact) mass is 622 g/mol. The number of rotatable bonds is 4. The van der Waals surface area contributed by atoms with Crippen LogP contribution in [-0.2, 0) is 0 Å². The van der Waals surface area contributed by atoms with Crippen molar-refractivity contribution in [3.05, 3.63) is 182 Å². The first-order valence-corrected chi connectivity index (χ1v) is 16.9. The van der Waals surface area contributed by atoms with E-state index in [0.717, 1.165) is 27.5 Å². The Morgan fingerprint density at radius 2 is 0.694 bits per heavy atom. The number of benzene rings is 9. The predicted octanol–water partition coefficient (Wildman–Crippen LogP) is 13.7. The van der Waals surface area contributed by atoms with Gasteiger partial charge in [0.1, 0.15) is 11.2 Å². The van der Waals surface area contributed by atoms with Crippen molar-refractivity contribution in [3.63, 3.8) is 0 Å². The molecule has 0 saturated heterocycles. The van der Waals surface area contributed by atoms with Gasteiger partial charge in [0.05, 0.1) is 0 Å². The zero-order valence-electron chi connectivity index (χ0n) is 26.7. The minimum absolute atomic E-state index is 0.907. The molecule has 0 unspecified atom stereocenters. The Morgan fingerprint density at radius 3 is 1.31 bits per heavy atom. The van der Waals surface area contributed by atoms with Crippen LogP contribution >= 0.6 is 0 Å². The molecule has 0 saturated carbocycles. The Balaban J connectivity index is 1.35. The summed E-state index contributed by atoms with van der Waals surface area (Å²) in [5.74, 6) is 0. The van der Waals surface area contributed by atoms with Crippen molar-refractivity contribution in [1.82, 2.24) is 0 Å². The van der Waals surface area contributed by atoms with Crippen LogP contribution in [0.15, 0.2) is 186 Å². The maximum Gasteiger partial charge on any atom is 0.136 e. The number of para-hydroxylation sites is 1. The van der Waals surface area contributed by atoms with Gasteiger partial charge in [-0.25, -0.2) is 0 Å². The van der Waals surface area contributed by atoms with Crippen LogP contribution in [-0.4, -0.2) is 0 Å². The van der Waals surface area contributed by atoms with Crippen LogP contribution < -0.4 is 0 Å². The number of hydrogen-bond donors (Lipinski definition) is 0. The van der Waals surface area contributed by atoms with Gasteiger partial charge >= 0.3 is 0 Å². The van der Waals surface area contributed by atoms with E-state index in [9.17, 15) is 0 Å². The van der Waals surface area contributed by atoms with Crippen LogP contribution in [0.3, 0.4) is 0 Å². The Kier molecular flexibility index (Phi) is 6.25. The molecule has 1 aromatic heterocycles. The second kappa shape index (κ2) is 11.1. The van der Waals surface area contributed by atoms with Gasteiger partial charge in [-0.15, -0.1) is 0 Å². The summed E-state index contributed by atoms with van der Waals surface area (Å²) >= 11 is 0. The lowest BCUT2D eigenvalue weighted by Crippen LogP contribution is -1.95. The van der Waals surface area contributed by atoms with Crippen molar-refractivity contribution in [2.75, 3.05) is 0 Å². The molecule has 0 spiro atoms. The lowest BCUT2D eigenvalue weighted by Gasteiger charge is -2.22. The molecule has 0 atom stereocenters. The average Bonchev–Trinajstić information content (AvgIpc) is 3.55. The second-order valence-corrected chi connectivity index (χ2v) is 12.8. The highest BCUT2D eigenvalue weighted by Crippen LogP contribution is 2.50. The SMILES string of the molecule is c1ccc(-c2cc(-c3ccccc3)c3ccccc3c2-c2c3ccccc3c(-c3ccc4c(c3)oc3ccccc34)c3ccccc23)cc1. The molecule has 49 heavy (non-hydrogen) atoms. The third kappa shape index (κ3) is 4.33. The normalized spacial score (nSPS) is 11.7. The Bertz CT molecular complexity index is 2800. The van der Waals surface area contributed by atoms with Crippen LogP contribution in [0.25, 0.3) is 98.8 Å². The average molecular weight is 623 g/mol. The van der Waals surface area contributed by atoms with E-state index in [-0.39, 0.29) is 0 Å². The van der Waals surface area contributed by atoms with Crippen molar-refractivity contribution in [2.45, 2.75) is 0 Å². The zero-order valence-corrected chi connectivity index (χ0v) is 26.7. The first-order valence-electron chi connectivity index (χ1n) is 16.9. The van der Waals surface area contributed by atoms with Gasteiger partial charge in [0.2, 0.25) is 0 Å². The molecule has 10 aromatic rings. The Labute approximate surface area is 284 Å². The van der Waals surface area contributed by atoms with Gasteiger partial charge in [-0.3, -0.25) is 0 Å². The van der Waals surface area contributed by atoms with E-state index in [2.05, 4.69) is 170 Å². The van der Waals surface area contributed by atoms with Gasteiger partial charge in [0.15, 0.2) is 0 Å². The smallest absolute Gasteiger partial charge is 0.136 e. The largest absolute Gasteiger partial charge is 0.456 e. The maximum atomic E-state index is 6.39. The Morgan fingerprint density at radius 1 is 0.245 bits per heavy atom. The maximum absolute atomic E-state index is 6.39. The minimum Gasteiger partial charge on any atom is -0.456 e. The number of furan rings is 1. The molecule has 0 N–H and O–H groups in total. The third-order valence-corrected chi connectivity index (χ3v) is 10.1. The summed E-state index contributed by atoms with van der Waals surface area (Å²) in [6.45, 7) is 0. The topological polar surface area (TPSA) is 13.1 Å². The predicted molar refractivity (Wildman–Crippen MR) is 208 cm³/mol. The van der Waals surface area contributed by atoms with E-state index in [1.807, 2.05) is 12.1 Å². The van der Waals surface area contributed by atoms with Gasteiger partial charge in [-0.1, -0.05) is 158 Å². The van der Waals surface area contributed by atoms with Crippen molar-refractivity contribution < 1.29 is 4.42 Å². The molecular formula is C48H30O. The summed E-state index contributed by atoms with van der Waals surface area (Å²) < 4.78 is 6.39. The van der Waals surface area contributed by atoms with Crippen LogP contribution in [0, 0.1) is 0 Å². The first kappa shape index (κ1) is 27.7. The summed E-state index contributed by atoms with van der Waals surface area (Å²) in [5, 5.41) is 9.69. The van der Waals surface area contributed by atoms with E-state index < -0.39 is 0 Å². The fourth-order valence-corrected chi connectivity index (χ4v) is 7.94. The lowest BCUT2D eigenvalue weighted by molar-refractivity contribution is 0.669. The molecule has 228 valence electrons. The van der Waals surface area contributed by atoms with E-state index in [1.54, 1.807) is 0 Å². The molecule has 9 aromatic carbocycles. The highest BCUT2D eigenvalue weighted by Gasteiger charge is 2.23. The molecular weight excluding hydrogens is 593 g/mol. The molecule has 10 rings (SSSR count). The van der Waals surface area contributed by atoms with Crippen molar-refractivity contribution in [3.8, 4) is 44.5 Å². The first-order chi connectivity index (χ1) is 24.3. The summed E-state index contributed by atoms with van der Waals surface area (Å²) in [7, 11) is 0. The molecule has 1 nitrogen and oxygen atoms in total. The van der Waals surface area contributed by atoms with Crippen LogP contribution in [0.2, 0.25) is 0 Å². The number of fused-ring (bicyclic) bond motifs is 6. The van der Waals surface area contributed by atoms with E-state index in [0.29, 0.717) is 0 Å². The standard InChI is InChI=1S/C48H30O/c1-3-15-31(16-4-1)42-30-43(32-17-5-2-6-18-32)48(37-21-8-7-19-34(37)42)47-40-24-11-9-22-38(40)46(39-23-10-12-25-41(39)47)33-27-28-36-35-20-13-14-26-44(35)49-45(36)29-33/h1-30H. The van der Waals surface area contributed by atoms with Gasteiger partial charge in [0.25, 0.3) is 0 Å². The fourth-order valence-electron chi connectivity index (χ4n) is 7.94. The lowest BCUT2D eigenvalue weighted by atomic mass is 9.80. The van der Waals surface area contributed by atoms with E-state index >= 15 is 0 Å². The number of hydrogen-bond acceptors (Lipinski definition) is 1. The summed E-state index contributed by atoms with van der Waals surface area (Å²) in [6, 6.07) is 65.8.